The number of methoxy groups -OCH3 is 4. The van der Waals surface area contributed by atoms with Crippen molar-refractivity contribution in [2.24, 2.45) is 0 Å². The van der Waals surface area contributed by atoms with Crippen molar-refractivity contribution >= 4 is 21.6 Å². The van der Waals surface area contributed by atoms with Crippen molar-refractivity contribution in [3.05, 3.63) is 35.9 Å². The Balaban J connectivity index is 1.97. The zero-order valence-electron chi connectivity index (χ0n) is 18.6. The van der Waals surface area contributed by atoms with Crippen LogP contribution in [0.5, 0.6) is 23.0 Å². The summed E-state index contributed by atoms with van der Waals surface area (Å²) in [6, 6.07) is 7.54. The van der Waals surface area contributed by atoms with Gasteiger partial charge in [0.1, 0.15) is 5.75 Å². The van der Waals surface area contributed by atoms with E-state index in [0.29, 0.717) is 24.6 Å². The number of amides is 1. The summed E-state index contributed by atoms with van der Waals surface area (Å²) in [5.41, 5.74) is 0.420. The van der Waals surface area contributed by atoms with Crippen molar-refractivity contribution in [1.82, 2.24) is 4.31 Å². The van der Waals surface area contributed by atoms with Crippen molar-refractivity contribution < 1.29 is 32.2 Å². The van der Waals surface area contributed by atoms with Crippen LogP contribution in [0.1, 0.15) is 29.6 Å². The number of benzene rings is 2. The first-order chi connectivity index (χ1) is 15.4. The lowest BCUT2D eigenvalue weighted by Crippen LogP contribution is -2.35. The molecular weight excluding hydrogens is 436 g/mol. The van der Waals surface area contributed by atoms with Gasteiger partial charge >= 0.3 is 0 Å². The number of carbonyl (C=O) groups excluding carboxylic acids is 1. The molecule has 1 aliphatic rings. The van der Waals surface area contributed by atoms with E-state index in [2.05, 4.69) is 5.32 Å². The molecule has 1 amide bonds. The molecule has 0 radical (unpaired) electrons. The van der Waals surface area contributed by atoms with Gasteiger partial charge in [0.05, 0.1) is 44.6 Å². The molecule has 2 aromatic rings. The highest BCUT2D eigenvalue weighted by molar-refractivity contribution is 7.89. The topological polar surface area (TPSA) is 103 Å². The van der Waals surface area contributed by atoms with Crippen molar-refractivity contribution in [2.75, 3.05) is 46.8 Å². The van der Waals surface area contributed by atoms with Crippen LogP contribution in [0.15, 0.2) is 35.2 Å². The average Bonchev–Trinajstić information content (AvgIpc) is 2.83. The van der Waals surface area contributed by atoms with E-state index in [-0.39, 0.29) is 27.6 Å². The van der Waals surface area contributed by atoms with Crippen LogP contribution in [0, 0.1) is 0 Å². The molecule has 1 saturated heterocycles. The Hall–Kier alpha value is -2.98. The second-order valence-electron chi connectivity index (χ2n) is 7.16. The number of anilines is 1. The largest absolute Gasteiger partial charge is 0.495 e. The Morgan fingerprint density at radius 2 is 1.47 bits per heavy atom. The summed E-state index contributed by atoms with van der Waals surface area (Å²) in [4.78, 5) is 13.2. The van der Waals surface area contributed by atoms with E-state index >= 15 is 0 Å². The molecule has 1 N–H and O–H groups in total. The summed E-state index contributed by atoms with van der Waals surface area (Å²) >= 11 is 0. The molecule has 0 aliphatic carbocycles. The van der Waals surface area contributed by atoms with Gasteiger partial charge in [0.2, 0.25) is 15.8 Å². The van der Waals surface area contributed by atoms with Gasteiger partial charge in [-0.1, -0.05) is 6.42 Å². The molecule has 1 aliphatic heterocycles. The number of nitrogens with one attached hydrogen (secondary N) is 1. The Morgan fingerprint density at radius 3 is 2.06 bits per heavy atom. The summed E-state index contributed by atoms with van der Waals surface area (Å²) in [5.74, 6) is 0.688. The average molecular weight is 465 g/mol. The second-order valence-corrected chi connectivity index (χ2v) is 9.10. The maximum atomic E-state index is 13.1. The van der Waals surface area contributed by atoms with Gasteiger partial charge in [-0.2, -0.15) is 4.31 Å². The molecule has 9 nitrogen and oxygen atoms in total. The monoisotopic (exact) mass is 464 g/mol. The van der Waals surface area contributed by atoms with Crippen LogP contribution in [0.25, 0.3) is 0 Å². The van der Waals surface area contributed by atoms with E-state index in [4.69, 9.17) is 18.9 Å². The summed E-state index contributed by atoms with van der Waals surface area (Å²) < 4.78 is 48.9. The minimum absolute atomic E-state index is 0.0924. The van der Waals surface area contributed by atoms with E-state index in [0.717, 1.165) is 19.3 Å². The highest BCUT2D eigenvalue weighted by Crippen LogP contribution is 2.40. The van der Waals surface area contributed by atoms with Gasteiger partial charge < -0.3 is 24.3 Å². The van der Waals surface area contributed by atoms with Gasteiger partial charge in [0.25, 0.3) is 5.91 Å². The number of carbonyl (C=O) groups is 1. The number of ether oxygens (including phenoxy) is 4. The molecule has 32 heavy (non-hydrogen) atoms. The fourth-order valence-electron chi connectivity index (χ4n) is 3.67. The number of piperidine rings is 1. The summed E-state index contributed by atoms with van der Waals surface area (Å²) in [7, 11) is 2.11. The fraction of sp³-hybridized carbons (Fsp3) is 0.409. The van der Waals surface area contributed by atoms with E-state index in [1.165, 1.54) is 57.0 Å². The van der Waals surface area contributed by atoms with E-state index in [1.54, 1.807) is 6.07 Å². The Kier molecular flexibility index (Phi) is 7.47. The lowest BCUT2D eigenvalue weighted by atomic mass is 10.1. The Morgan fingerprint density at radius 1 is 0.844 bits per heavy atom. The summed E-state index contributed by atoms with van der Waals surface area (Å²) in [6.45, 7) is 0.970. The number of rotatable bonds is 8. The van der Waals surface area contributed by atoms with E-state index < -0.39 is 15.9 Å². The van der Waals surface area contributed by atoms with Crippen LogP contribution in [-0.2, 0) is 10.0 Å². The molecule has 0 atom stereocenters. The maximum absolute atomic E-state index is 13.1. The Bertz CT molecular complexity index is 1080. The molecule has 1 heterocycles. The molecule has 0 spiro atoms. The van der Waals surface area contributed by atoms with E-state index in [1.807, 2.05) is 0 Å². The molecule has 3 rings (SSSR count). The second kappa shape index (κ2) is 10.1. The first kappa shape index (κ1) is 23.7. The lowest BCUT2D eigenvalue weighted by Gasteiger charge is -2.26. The predicted molar refractivity (Wildman–Crippen MR) is 120 cm³/mol. The maximum Gasteiger partial charge on any atom is 0.259 e. The molecule has 0 unspecified atom stereocenters. The number of hydrogen-bond donors (Lipinski definition) is 1. The van der Waals surface area contributed by atoms with Crippen LogP contribution in [-0.4, -0.2) is 60.2 Å². The van der Waals surface area contributed by atoms with Crippen LogP contribution in [0.3, 0.4) is 0 Å². The standard InChI is InChI=1S/C22H28N2O7S/c1-28-18-10-8-15(32(26,27)24-12-6-5-7-13-24)14-17(18)23-22(25)16-9-11-19(29-2)21(31-4)20(16)30-3/h8-11,14H,5-7,12-13H2,1-4H3,(H,23,25). The highest BCUT2D eigenvalue weighted by atomic mass is 32.2. The zero-order chi connectivity index (χ0) is 23.3. The van der Waals surface area contributed by atoms with Crippen molar-refractivity contribution in [3.8, 4) is 23.0 Å². The first-order valence-electron chi connectivity index (χ1n) is 10.2. The molecule has 10 heteroatoms. The van der Waals surface area contributed by atoms with Gasteiger partial charge in [0, 0.05) is 13.1 Å². The molecule has 0 saturated carbocycles. The van der Waals surface area contributed by atoms with Crippen molar-refractivity contribution in [3.63, 3.8) is 0 Å². The van der Waals surface area contributed by atoms with Crippen LogP contribution in [0.2, 0.25) is 0 Å². The van der Waals surface area contributed by atoms with Crippen LogP contribution < -0.4 is 24.3 Å². The normalized spacial score (nSPS) is 14.5. The first-order valence-corrected chi connectivity index (χ1v) is 11.6. The molecule has 0 bridgehead atoms. The minimum atomic E-state index is -3.68. The fourth-order valence-corrected chi connectivity index (χ4v) is 5.21. The van der Waals surface area contributed by atoms with Crippen molar-refractivity contribution in [2.45, 2.75) is 24.2 Å². The third-order valence-corrected chi connectivity index (χ3v) is 7.22. The number of hydrogen-bond acceptors (Lipinski definition) is 7. The third kappa shape index (κ3) is 4.61. The van der Waals surface area contributed by atoms with E-state index in [9.17, 15) is 13.2 Å². The smallest absolute Gasteiger partial charge is 0.259 e. The van der Waals surface area contributed by atoms with Gasteiger partial charge in [-0.25, -0.2) is 8.42 Å². The van der Waals surface area contributed by atoms with Crippen LogP contribution >= 0.6 is 0 Å². The molecule has 1 fully saturated rings. The van der Waals surface area contributed by atoms with Gasteiger partial charge in [-0.3, -0.25) is 4.79 Å². The highest BCUT2D eigenvalue weighted by Gasteiger charge is 2.27. The van der Waals surface area contributed by atoms with Gasteiger partial charge in [0.15, 0.2) is 11.5 Å². The lowest BCUT2D eigenvalue weighted by molar-refractivity contribution is 0.102. The van der Waals surface area contributed by atoms with Crippen LogP contribution in [0.4, 0.5) is 5.69 Å². The molecular formula is C22H28N2O7S. The Labute approximate surface area is 188 Å². The van der Waals surface area contributed by atoms with Gasteiger partial charge in [-0.05, 0) is 43.2 Å². The van der Waals surface area contributed by atoms with Gasteiger partial charge in [-0.15, -0.1) is 0 Å². The number of nitrogens with zero attached hydrogens (tertiary/aromatic N) is 1. The number of sulfonamides is 1. The zero-order valence-corrected chi connectivity index (χ0v) is 19.5. The quantitative estimate of drug-likeness (QED) is 0.640. The third-order valence-electron chi connectivity index (χ3n) is 5.32. The predicted octanol–water partition coefficient (Wildman–Crippen LogP) is 3.15. The SMILES string of the molecule is COc1ccc(S(=O)(=O)N2CCCCC2)cc1NC(=O)c1ccc(OC)c(OC)c1OC. The summed E-state index contributed by atoms with van der Waals surface area (Å²) in [6.07, 6.45) is 2.68. The minimum Gasteiger partial charge on any atom is -0.495 e. The van der Waals surface area contributed by atoms with Crippen molar-refractivity contribution in [1.29, 1.82) is 0 Å². The molecule has 174 valence electrons. The molecule has 2 aromatic carbocycles. The molecule has 0 aromatic heterocycles. The summed E-state index contributed by atoms with van der Waals surface area (Å²) in [5, 5.41) is 2.73.